The van der Waals surface area contributed by atoms with E-state index < -0.39 is 0 Å². The van der Waals surface area contributed by atoms with Crippen molar-refractivity contribution >= 4 is 11.6 Å². The van der Waals surface area contributed by atoms with Crippen LogP contribution in [0.5, 0.6) is 0 Å². The van der Waals surface area contributed by atoms with Gasteiger partial charge < -0.3 is 14.6 Å². The maximum absolute atomic E-state index is 12.0. The Balaban J connectivity index is 1.40. The predicted octanol–water partition coefficient (Wildman–Crippen LogP) is 2.72. The van der Waals surface area contributed by atoms with Gasteiger partial charge in [0.2, 0.25) is 5.91 Å². The first-order valence-corrected chi connectivity index (χ1v) is 8.96. The Morgan fingerprint density at radius 2 is 1.92 bits per heavy atom. The zero-order valence-corrected chi connectivity index (χ0v) is 15.1. The molecule has 0 radical (unpaired) electrons. The van der Waals surface area contributed by atoms with Crippen molar-refractivity contribution < 1.29 is 9.21 Å². The lowest BCUT2D eigenvalue weighted by Gasteiger charge is -2.37. The minimum atomic E-state index is 0.0772. The molecule has 1 N–H and O–H groups in total. The number of amides is 1. The van der Waals surface area contributed by atoms with Gasteiger partial charge in [0.05, 0.1) is 12.8 Å². The summed E-state index contributed by atoms with van der Waals surface area (Å²) in [5, 5.41) is 2.90. The molecule has 134 valence electrons. The van der Waals surface area contributed by atoms with Crippen LogP contribution in [0.25, 0.3) is 0 Å². The van der Waals surface area contributed by atoms with Gasteiger partial charge in [-0.25, -0.2) is 0 Å². The van der Waals surface area contributed by atoms with Crippen LogP contribution in [0.3, 0.4) is 0 Å². The zero-order chi connectivity index (χ0) is 17.6. The maximum Gasteiger partial charge on any atom is 0.221 e. The molecular weight excluding hydrogens is 314 g/mol. The molecule has 1 aliphatic rings. The number of piperazine rings is 1. The summed E-state index contributed by atoms with van der Waals surface area (Å²) in [6, 6.07) is 10.2. The van der Waals surface area contributed by atoms with Crippen molar-refractivity contribution in [3.63, 3.8) is 0 Å². The lowest BCUT2D eigenvalue weighted by molar-refractivity contribution is -0.121. The Morgan fingerprint density at radius 1 is 1.12 bits per heavy atom. The van der Waals surface area contributed by atoms with Crippen LogP contribution in [-0.4, -0.2) is 43.5 Å². The zero-order valence-electron chi connectivity index (χ0n) is 15.1. The van der Waals surface area contributed by atoms with Crippen molar-refractivity contribution in [3.05, 3.63) is 53.5 Å². The van der Waals surface area contributed by atoms with Crippen LogP contribution in [0.15, 0.2) is 41.0 Å². The summed E-state index contributed by atoms with van der Waals surface area (Å²) in [6.45, 7) is 9.65. The summed E-state index contributed by atoms with van der Waals surface area (Å²) < 4.78 is 5.22. The minimum absolute atomic E-state index is 0.0772. The Hall–Kier alpha value is -2.27. The lowest BCUT2D eigenvalue weighted by Crippen LogP contribution is -2.47. The average molecular weight is 341 g/mol. The van der Waals surface area contributed by atoms with Gasteiger partial charge in [0.1, 0.15) is 5.76 Å². The second-order valence-electron chi connectivity index (χ2n) is 6.65. The van der Waals surface area contributed by atoms with Gasteiger partial charge in [-0.1, -0.05) is 12.1 Å². The number of nitrogens with one attached hydrogen (secondary N) is 1. The van der Waals surface area contributed by atoms with Crippen LogP contribution >= 0.6 is 0 Å². The van der Waals surface area contributed by atoms with Crippen molar-refractivity contribution in [2.45, 2.75) is 26.8 Å². The number of hydrogen-bond donors (Lipinski definition) is 1. The van der Waals surface area contributed by atoms with Gasteiger partial charge in [-0.3, -0.25) is 9.69 Å². The van der Waals surface area contributed by atoms with E-state index in [0.29, 0.717) is 13.0 Å². The van der Waals surface area contributed by atoms with E-state index >= 15 is 0 Å². The molecule has 1 aromatic carbocycles. The summed E-state index contributed by atoms with van der Waals surface area (Å²) in [5.74, 6) is 0.865. The standard InChI is InChI=1S/C20H27N3O2/c1-16-5-3-7-19(17(16)2)23-12-10-22(11-13-23)9-8-20(24)21-15-18-6-4-14-25-18/h3-7,14H,8-13,15H2,1-2H3,(H,21,24). The van der Waals surface area contributed by atoms with Gasteiger partial charge >= 0.3 is 0 Å². The van der Waals surface area contributed by atoms with Gasteiger partial charge in [0.15, 0.2) is 0 Å². The molecule has 0 atom stereocenters. The van der Waals surface area contributed by atoms with Gasteiger partial charge in [-0.05, 0) is 43.2 Å². The van der Waals surface area contributed by atoms with E-state index in [-0.39, 0.29) is 5.91 Å². The monoisotopic (exact) mass is 341 g/mol. The van der Waals surface area contributed by atoms with E-state index in [4.69, 9.17) is 4.42 Å². The Morgan fingerprint density at radius 3 is 2.64 bits per heavy atom. The summed E-state index contributed by atoms with van der Waals surface area (Å²) in [6.07, 6.45) is 2.15. The smallest absolute Gasteiger partial charge is 0.221 e. The third-order valence-electron chi connectivity index (χ3n) is 4.98. The number of hydrogen-bond acceptors (Lipinski definition) is 4. The third kappa shape index (κ3) is 4.63. The Kier molecular flexibility index (Phi) is 5.76. The largest absolute Gasteiger partial charge is 0.467 e. The van der Waals surface area contributed by atoms with Crippen LogP contribution in [0.1, 0.15) is 23.3 Å². The van der Waals surface area contributed by atoms with Crippen molar-refractivity contribution in [1.82, 2.24) is 10.2 Å². The molecule has 1 saturated heterocycles. The number of nitrogens with zero attached hydrogens (tertiary/aromatic N) is 2. The summed E-state index contributed by atoms with van der Waals surface area (Å²) in [4.78, 5) is 16.8. The maximum atomic E-state index is 12.0. The molecule has 2 aromatic rings. The van der Waals surface area contributed by atoms with E-state index in [2.05, 4.69) is 47.2 Å². The first-order valence-electron chi connectivity index (χ1n) is 8.96. The number of benzene rings is 1. The molecule has 2 heterocycles. The molecule has 1 amide bonds. The van der Waals surface area contributed by atoms with E-state index in [0.717, 1.165) is 38.5 Å². The highest BCUT2D eigenvalue weighted by Crippen LogP contribution is 2.23. The highest BCUT2D eigenvalue weighted by atomic mass is 16.3. The van der Waals surface area contributed by atoms with Gasteiger partial charge in [0, 0.05) is 44.8 Å². The first-order chi connectivity index (χ1) is 12.1. The molecule has 1 aliphatic heterocycles. The summed E-state index contributed by atoms with van der Waals surface area (Å²) >= 11 is 0. The van der Waals surface area contributed by atoms with Crippen LogP contribution in [0.2, 0.25) is 0 Å². The van der Waals surface area contributed by atoms with Gasteiger partial charge in [-0.15, -0.1) is 0 Å². The first kappa shape index (κ1) is 17.5. The number of rotatable bonds is 6. The van der Waals surface area contributed by atoms with Crippen LogP contribution in [-0.2, 0) is 11.3 Å². The molecule has 0 unspecified atom stereocenters. The Labute approximate surface area is 149 Å². The Bertz CT molecular complexity index is 689. The fourth-order valence-electron chi connectivity index (χ4n) is 3.24. The molecule has 5 heteroatoms. The SMILES string of the molecule is Cc1cccc(N2CCN(CCC(=O)NCc3ccco3)CC2)c1C. The van der Waals surface area contributed by atoms with Crippen molar-refractivity contribution in [3.8, 4) is 0 Å². The summed E-state index contributed by atoms with van der Waals surface area (Å²) in [7, 11) is 0. The number of furan rings is 1. The van der Waals surface area contributed by atoms with Crippen molar-refractivity contribution in [1.29, 1.82) is 0 Å². The highest BCUT2D eigenvalue weighted by Gasteiger charge is 2.19. The van der Waals surface area contributed by atoms with Crippen LogP contribution < -0.4 is 10.2 Å². The number of anilines is 1. The number of carbonyl (C=O) groups is 1. The van der Waals surface area contributed by atoms with E-state index in [1.165, 1.54) is 16.8 Å². The molecule has 3 rings (SSSR count). The fraction of sp³-hybridized carbons (Fsp3) is 0.450. The third-order valence-corrected chi connectivity index (χ3v) is 4.98. The van der Waals surface area contributed by atoms with Crippen molar-refractivity contribution in [2.75, 3.05) is 37.6 Å². The predicted molar refractivity (Wildman–Crippen MR) is 99.7 cm³/mol. The molecule has 0 bridgehead atoms. The number of carbonyl (C=O) groups excluding carboxylic acids is 1. The fourth-order valence-corrected chi connectivity index (χ4v) is 3.24. The lowest BCUT2D eigenvalue weighted by atomic mass is 10.1. The molecule has 25 heavy (non-hydrogen) atoms. The molecule has 1 aromatic heterocycles. The van der Waals surface area contributed by atoms with E-state index in [9.17, 15) is 4.79 Å². The second kappa shape index (κ2) is 8.21. The minimum Gasteiger partial charge on any atom is -0.467 e. The average Bonchev–Trinajstić information content (AvgIpc) is 3.15. The topological polar surface area (TPSA) is 48.7 Å². The molecule has 0 aliphatic carbocycles. The van der Waals surface area contributed by atoms with Gasteiger partial charge in [-0.2, -0.15) is 0 Å². The molecule has 0 saturated carbocycles. The van der Waals surface area contributed by atoms with E-state index in [1.54, 1.807) is 6.26 Å². The highest BCUT2D eigenvalue weighted by molar-refractivity contribution is 5.76. The molecular formula is C20H27N3O2. The molecule has 5 nitrogen and oxygen atoms in total. The van der Waals surface area contributed by atoms with Crippen LogP contribution in [0, 0.1) is 13.8 Å². The normalized spacial score (nSPS) is 15.4. The van der Waals surface area contributed by atoms with Gasteiger partial charge in [0.25, 0.3) is 0 Å². The quantitative estimate of drug-likeness (QED) is 0.878. The molecule has 0 spiro atoms. The number of aryl methyl sites for hydroxylation is 1. The summed E-state index contributed by atoms with van der Waals surface area (Å²) in [5.41, 5.74) is 4.05. The second-order valence-corrected chi connectivity index (χ2v) is 6.65. The van der Waals surface area contributed by atoms with E-state index in [1.807, 2.05) is 12.1 Å². The van der Waals surface area contributed by atoms with Crippen molar-refractivity contribution in [2.24, 2.45) is 0 Å². The van der Waals surface area contributed by atoms with Crippen LogP contribution in [0.4, 0.5) is 5.69 Å². The molecule has 1 fully saturated rings.